The predicted molar refractivity (Wildman–Crippen MR) is 94.1 cm³/mol. The van der Waals surface area contributed by atoms with Crippen molar-refractivity contribution in [2.45, 2.75) is 0 Å². The number of hydrogen-bond acceptors (Lipinski definition) is 5. The van der Waals surface area contributed by atoms with Gasteiger partial charge in [0.1, 0.15) is 5.75 Å². The molecule has 1 amide bonds. The molecule has 0 saturated carbocycles. The SMILES string of the molecule is O.O=C(NN=Cc1ccc(O)c(O)c1)c1cc2ccccc2cc1O. The molecule has 0 aliphatic rings. The average molecular weight is 340 g/mol. The summed E-state index contributed by atoms with van der Waals surface area (Å²) in [5.74, 6) is -1.21. The number of aromatic hydroxyl groups is 3. The summed E-state index contributed by atoms with van der Waals surface area (Å²) < 4.78 is 0. The normalized spacial score (nSPS) is 10.6. The van der Waals surface area contributed by atoms with Crippen molar-refractivity contribution < 1.29 is 25.6 Å². The molecule has 0 fully saturated rings. The first kappa shape index (κ1) is 17.8. The number of fused-ring (bicyclic) bond motifs is 1. The van der Waals surface area contributed by atoms with E-state index in [1.807, 2.05) is 24.3 Å². The monoisotopic (exact) mass is 340 g/mol. The lowest BCUT2D eigenvalue weighted by Crippen LogP contribution is -2.17. The largest absolute Gasteiger partial charge is 0.507 e. The van der Waals surface area contributed by atoms with Crippen LogP contribution in [0.2, 0.25) is 0 Å². The van der Waals surface area contributed by atoms with E-state index >= 15 is 0 Å². The Morgan fingerprint density at radius 2 is 1.56 bits per heavy atom. The molecule has 3 aromatic carbocycles. The van der Waals surface area contributed by atoms with E-state index in [4.69, 9.17) is 0 Å². The van der Waals surface area contributed by atoms with Gasteiger partial charge in [-0.1, -0.05) is 24.3 Å². The van der Waals surface area contributed by atoms with Gasteiger partial charge in [-0.3, -0.25) is 4.79 Å². The number of phenolic OH excluding ortho intramolecular Hbond substituents is 3. The van der Waals surface area contributed by atoms with Gasteiger partial charge in [-0.05, 0) is 46.7 Å². The minimum Gasteiger partial charge on any atom is -0.507 e. The minimum absolute atomic E-state index is 0. The van der Waals surface area contributed by atoms with Gasteiger partial charge in [0.2, 0.25) is 0 Å². The first-order valence-corrected chi connectivity index (χ1v) is 7.12. The Morgan fingerprint density at radius 1 is 0.880 bits per heavy atom. The van der Waals surface area contributed by atoms with Crippen LogP contribution < -0.4 is 5.43 Å². The van der Waals surface area contributed by atoms with Crippen molar-refractivity contribution in [2.75, 3.05) is 0 Å². The number of rotatable bonds is 3. The van der Waals surface area contributed by atoms with E-state index < -0.39 is 5.91 Å². The Labute approximate surface area is 142 Å². The summed E-state index contributed by atoms with van der Waals surface area (Å²) in [6, 6.07) is 14.6. The predicted octanol–water partition coefficient (Wildman–Crippen LogP) is 1.90. The van der Waals surface area contributed by atoms with Gasteiger partial charge in [0.05, 0.1) is 11.8 Å². The molecule has 0 heterocycles. The van der Waals surface area contributed by atoms with Gasteiger partial charge in [-0.2, -0.15) is 5.10 Å². The molecule has 25 heavy (non-hydrogen) atoms. The zero-order valence-corrected chi connectivity index (χ0v) is 13.0. The highest BCUT2D eigenvalue weighted by Crippen LogP contribution is 2.25. The van der Waals surface area contributed by atoms with Crippen LogP contribution in [0.4, 0.5) is 0 Å². The summed E-state index contributed by atoms with van der Waals surface area (Å²) in [5, 5.41) is 34.0. The van der Waals surface area contributed by atoms with Gasteiger partial charge < -0.3 is 20.8 Å². The number of carbonyl (C=O) groups is 1. The Bertz CT molecular complexity index is 953. The maximum Gasteiger partial charge on any atom is 0.275 e. The molecule has 0 aliphatic heterocycles. The fourth-order valence-electron chi connectivity index (χ4n) is 2.26. The van der Waals surface area contributed by atoms with Crippen molar-refractivity contribution in [1.29, 1.82) is 0 Å². The Hall–Kier alpha value is -3.58. The van der Waals surface area contributed by atoms with E-state index in [9.17, 15) is 20.1 Å². The maximum atomic E-state index is 12.1. The molecule has 128 valence electrons. The Balaban J connectivity index is 0.00000225. The zero-order valence-electron chi connectivity index (χ0n) is 13.0. The average Bonchev–Trinajstić information content (AvgIpc) is 2.57. The molecule has 7 heteroatoms. The lowest BCUT2D eigenvalue weighted by molar-refractivity contribution is 0.0952. The summed E-state index contributed by atoms with van der Waals surface area (Å²) in [4.78, 5) is 12.1. The highest BCUT2D eigenvalue weighted by molar-refractivity contribution is 6.01. The molecule has 3 aromatic rings. The van der Waals surface area contributed by atoms with E-state index in [0.29, 0.717) is 5.56 Å². The van der Waals surface area contributed by atoms with Crippen molar-refractivity contribution in [3.63, 3.8) is 0 Å². The van der Waals surface area contributed by atoms with Crippen molar-refractivity contribution in [1.82, 2.24) is 5.43 Å². The fraction of sp³-hybridized carbons (Fsp3) is 0. The molecule has 0 atom stereocenters. The van der Waals surface area contributed by atoms with Gasteiger partial charge in [0.15, 0.2) is 11.5 Å². The highest BCUT2D eigenvalue weighted by Gasteiger charge is 2.11. The van der Waals surface area contributed by atoms with Crippen molar-refractivity contribution in [3.05, 3.63) is 65.7 Å². The third-order valence-corrected chi connectivity index (χ3v) is 3.49. The molecule has 0 aromatic heterocycles. The number of nitrogens with one attached hydrogen (secondary N) is 1. The van der Waals surface area contributed by atoms with Gasteiger partial charge >= 0.3 is 0 Å². The third-order valence-electron chi connectivity index (χ3n) is 3.49. The summed E-state index contributed by atoms with van der Waals surface area (Å²) >= 11 is 0. The number of hydrazone groups is 1. The van der Waals surface area contributed by atoms with Gasteiger partial charge in [0.25, 0.3) is 5.91 Å². The van der Waals surface area contributed by atoms with Crippen molar-refractivity contribution in [3.8, 4) is 17.2 Å². The molecule has 7 nitrogen and oxygen atoms in total. The number of phenols is 3. The second-order valence-electron chi connectivity index (χ2n) is 5.16. The van der Waals surface area contributed by atoms with Gasteiger partial charge in [0, 0.05) is 0 Å². The standard InChI is InChI=1S/C18H14N2O4.H2O/c21-15-6-5-11(7-17(15)23)10-19-20-18(24)14-8-12-3-1-2-4-13(12)9-16(14)22;/h1-10,21-23H,(H,20,24);1H2. The second kappa shape index (κ2) is 7.33. The van der Waals surface area contributed by atoms with E-state index in [0.717, 1.165) is 10.8 Å². The molecule has 6 N–H and O–H groups in total. The van der Waals surface area contributed by atoms with E-state index in [-0.39, 0.29) is 28.3 Å². The number of amides is 1. The first-order valence-electron chi connectivity index (χ1n) is 7.12. The van der Waals surface area contributed by atoms with Crippen LogP contribution in [0.15, 0.2) is 59.7 Å². The quantitative estimate of drug-likeness (QED) is 0.329. The molecule has 0 bridgehead atoms. The molecule has 0 aliphatic carbocycles. The molecule has 3 rings (SSSR count). The van der Waals surface area contributed by atoms with E-state index in [1.54, 1.807) is 6.07 Å². The number of benzene rings is 3. The van der Waals surface area contributed by atoms with Crippen LogP contribution in [-0.2, 0) is 0 Å². The molecule has 0 spiro atoms. The van der Waals surface area contributed by atoms with Crippen LogP contribution in [0.3, 0.4) is 0 Å². The van der Waals surface area contributed by atoms with Crippen LogP contribution >= 0.6 is 0 Å². The minimum atomic E-state index is -0.558. The number of carbonyl (C=O) groups excluding carboxylic acids is 1. The van der Waals surface area contributed by atoms with Crippen molar-refractivity contribution >= 4 is 22.9 Å². The summed E-state index contributed by atoms with van der Waals surface area (Å²) in [6.45, 7) is 0. The molecular weight excluding hydrogens is 324 g/mol. The van der Waals surface area contributed by atoms with Crippen LogP contribution in [-0.4, -0.2) is 32.9 Å². The fourth-order valence-corrected chi connectivity index (χ4v) is 2.26. The van der Waals surface area contributed by atoms with Gasteiger partial charge in [-0.25, -0.2) is 5.43 Å². The lowest BCUT2D eigenvalue weighted by atomic mass is 10.1. The van der Waals surface area contributed by atoms with Crippen LogP contribution in [0.5, 0.6) is 17.2 Å². The van der Waals surface area contributed by atoms with E-state index in [2.05, 4.69) is 10.5 Å². The topological polar surface area (TPSA) is 134 Å². The van der Waals surface area contributed by atoms with Crippen LogP contribution in [0.25, 0.3) is 10.8 Å². The molecular formula is C18H16N2O5. The zero-order chi connectivity index (χ0) is 17.1. The Kier molecular flexibility index (Phi) is 5.21. The van der Waals surface area contributed by atoms with Crippen LogP contribution in [0.1, 0.15) is 15.9 Å². The van der Waals surface area contributed by atoms with Crippen LogP contribution in [0, 0.1) is 0 Å². The molecule has 0 unspecified atom stereocenters. The summed E-state index contributed by atoms with van der Waals surface area (Å²) in [5.41, 5.74) is 2.92. The molecule has 0 saturated heterocycles. The third kappa shape index (κ3) is 3.85. The lowest BCUT2D eigenvalue weighted by Gasteiger charge is -2.05. The number of nitrogens with zero attached hydrogens (tertiary/aromatic N) is 1. The summed E-state index contributed by atoms with van der Waals surface area (Å²) in [6.07, 6.45) is 1.31. The maximum absolute atomic E-state index is 12.1. The Morgan fingerprint density at radius 3 is 2.24 bits per heavy atom. The van der Waals surface area contributed by atoms with Gasteiger partial charge in [-0.15, -0.1) is 0 Å². The summed E-state index contributed by atoms with van der Waals surface area (Å²) in [7, 11) is 0. The highest BCUT2D eigenvalue weighted by atomic mass is 16.3. The second-order valence-corrected chi connectivity index (χ2v) is 5.16. The molecule has 0 radical (unpaired) electrons. The van der Waals surface area contributed by atoms with Crippen molar-refractivity contribution in [2.24, 2.45) is 5.10 Å². The smallest absolute Gasteiger partial charge is 0.275 e. The number of hydrogen-bond donors (Lipinski definition) is 4. The first-order chi connectivity index (χ1) is 11.5. The van der Waals surface area contributed by atoms with E-state index in [1.165, 1.54) is 30.5 Å².